The Labute approximate surface area is 310 Å². The van der Waals surface area contributed by atoms with Gasteiger partial charge in [0.2, 0.25) is 5.95 Å². The Morgan fingerprint density at radius 2 is 1.83 bits per heavy atom. The first kappa shape index (κ1) is 35.8. The largest absolute Gasteiger partial charge is 0.492 e. The van der Waals surface area contributed by atoms with Crippen molar-refractivity contribution in [1.82, 2.24) is 34.6 Å². The van der Waals surface area contributed by atoms with Gasteiger partial charge in [-0.25, -0.2) is 9.48 Å². The third-order valence-electron chi connectivity index (χ3n) is 10.2. The molecule has 2 amide bonds. The van der Waals surface area contributed by atoms with Crippen LogP contribution in [-0.4, -0.2) is 75.1 Å². The predicted octanol–water partition coefficient (Wildman–Crippen LogP) is 6.81. The average Bonchev–Trinajstić information content (AvgIpc) is 3.77. The molecular formula is C40H48N10O3. The fraction of sp³-hybridized carbons (Fsp3) is 0.425. The lowest BCUT2D eigenvalue weighted by Crippen LogP contribution is -2.38. The second-order valence-corrected chi connectivity index (χ2v) is 14.8. The van der Waals surface area contributed by atoms with Crippen LogP contribution in [0.4, 0.5) is 16.6 Å². The van der Waals surface area contributed by atoms with Gasteiger partial charge >= 0.3 is 6.03 Å². The predicted molar refractivity (Wildman–Crippen MR) is 204 cm³/mol. The van der Waals surface area contributed by atoms with Crippen LogP contribution in [0.1, 0.15) is 81.8 Å². The summed E-state index contributed by atoms with van der Waals surface area (Å²) in [5.74, 6) is 2.72. The van der Waals surface area contributed by atoms with Gasteiger partial charge in [-0.1, -0.05) is 30.3 Å². The van der Waals surface area contributed by atoms with Crippen molar-refractivity contribution in [2.75, 3.05) is 44.0 Å². The number of carbonyl (C=O) groups is 1. The molecule has 0 unspecified atom stereocenters. The number of pyridine rings is 1. The number of nitriles is 1. The SMILES string of the molecule is C[C@H]1CCCCN1c1nnc2ccc(O[C@@H]3CC[C@H](NC(=O)Nc4cc(C(C)(C)C#N)nn4-c4cccc(OCCN(C)C)c4)c4ccccc43)cn12. The van der Waals surface area contributed by atoms with Crippen LogP contribution in [0, 0.1) is 11.3 Å². The molecule has 2 N–H and O–H groups in total. The van der Waals surface area contributed by atoms with Crippen molar-refractivity contribution in [3.8, 4) is 23.3 Å². The molecule has 0 spiro atoms. The first-order chi connectivity index (χ1) is 25.6. The summed E-state index contributed by atoms with van der Waals surface area (Å²) >= 11 is 0. The van der Waals surface area contributed by atoms with Gasteiger partial charge < -0.3 is 24.6 Å². The van der Waals surface area contributed by atoms with E-state index < -0.39 is 5.41 Å². The number of benzene rings is 2. The molecule has 1 fully saturated rings. The number of anilines is 2. The number of fused-ring (bicyclic) bond motifs is 2. The van der Waals surface area contributed by atoms with Crippen LogP contribution in [0.25, 0.3) is 11.3 Å². The quantitative estimate of drug-likeness (QED) is 0.151. The Morgan fingerprint density at radius 3 is 2.62 bits per heavy atom. The lowest BCUT2D eigenvalue weighted by atomic mass is 9.85. The van der Waals surface area contributed by atoms with Crippen LogP contribution in [-0.2, 0) is 5.41 Å². The molecular weight excluding hydrogens is 669 g/mol. The molecule has 2 aromatic carbocycles. The molecule has 1 aliphatic carbocycles. The maximum atomic E-state index is 13.7. The van der Waals surface area contributed by atoms with E-state index >= 15 is 0 Å². The van der Waals surface area contributed by atoms with Gasteiger partial charge in [-0.3, -0.25) is 9.72 Å². The molecule has 2 aliphatic rings. The number of hydrogen-bond donors (Lipinski definition) is 2. The number of aromatic nitrogens is 5. The number of likely N-dealkylation sites (N-methyl/N-ethyl adjacent to an activating group) is 1. The van der Waals surface area contributed by atoms with Gasteiger partial charge in [0.1, 0.15) is 30.0 Å². The van der Waals surface area contributed by atoms with Crippen LogP contribution >= 0.6 is 0 Å². The lowest BCUT2D eigenvalue weighted by molar-refractivity contribution is 0.171. The van der Waals surface area contributed by atoms with Crippen LogP contribution < -0.4 is 25.0 Å². The zero-order chi connectivity index (χ0) is 37.1. The van der Waals surface area contributed by atoms with Gasteiger partial charge in [-0.2, -0.15) is 10.4 Å². The van der Waals surface area contributed by atoms with Gasteiger partial charge in [-0.15, -0.1) is 10.2 Å². The second-order valence-electron chi connectivity index (χ2n) is 14.8. The van der Waals surface area contributed by atoms with E-state index in [4.69, 9.17) is 14.6 Å². The molecule has 0 bridgehead atoms. The maximum Gasteiger partial charge on any atom is 0.320 e. The molecule has 0 radical (unpaired) electrons. The van der Waals surface area contributed by atoms with Crippen molar-refractivity contribution < 1.29 is 14.3 Å². The molecule has 276 valence electrons. The number of hydrogen-bond acceptors (Lipinski definition) is 9. The molecule has 0 saturated carbocycles. The summed E-state index contributed by atoms with van der Waals surface area (Å²) in [4.78, 5) is 18.1. The molecule has 13 nitrogen and oxygen atoms in total. The van der Waals surface area contributed by atoms with Gasteiger partial charge in [0.15, 0.2) is 5.65 Å². The Bertz CT molecular complexity index is 2110. The Hall–Kier alpha value is -5.61. The molecule has 53 heavy (non-hydrogen) atoms. The van der Waals surface area contributed by atoms with E-state index in [2.05, 4.69) is 49.7 Å². The van der Waals surface area contributed by atoms with Gasteiger partial charge in [0.05, 0.1) is 35.1 Å². The summed E-state index contributed by atoms with van der Waals surface area (Å²) in [6, 6.07) is 23.4. The molecule has 3 atom stereocenters. The number of nitrogens with zero attached hydrogens (tertiary/aromatic N) is 8. The molecule has 1 saturated heterocycles. The first-order valence-corrected chi connectivity index (χ1v) is 18.4. The number of nitrogens with one attached hydrogen (secondary N) is 2. The van der Waals surface area contributed by atoms with Crippen molar-refractivity contribution in [3.63, 3.8) is 0 Å². The average molecular weight is 717 g/mol. The van der Waals surface area contributed by atoms with Crippen molar-refractivity contribution in [1.29, 1.82) is 5.26 Å². The van der Waals surface area contributed by atoms with E-state index in [0.29, 0.717) is 48.4 Å². The van der Waals surface area contributed by atoms with Crippen molar-refractivity contribution in [2.45, 2.75) is 76.5 Å². The minimum atomic E-state index is -0.873. The summed E-state index contributed by atoms with van der Waals surface area (Å²) in [5, 5.41) is 29.8. The number of piperidine rings is 1. The lowest BCUT2D eigenvalue weighted by Gasteiger charge is -2.33. The summed E-state index contributed by atoms with van der Waals surface area (Å²) in [6.07, 6.45) is 6.70. The van der Waals surface area contributed by atoms with Crippen LogP contribution in [0.5, 0.6) is 11.5 Å². The Morgan fingerprint density at radius 1 is 1.00 bits per heavy atom. The normalized spacial score (nSPS) is 18.7. The van der Waals surface area contributed by atoms with E-state index in [1.54, 1.807) is 24.6 Å². The first-order valence-electron chi connectivity index (χ1n) is 18.4. The molecule has 7 rings (SSSR count). The fourth-order valence-corrected chi connectivity index (χ4v) is 7.10. The monoisotopic (exact) mass is 716 g/mol. The minimum Gasteiger partial charge on any atom is -0.492 e. The Kier molecular flexibility index (Phi) is 10.2. The fourth-order valence-electron chi connectivity index (χ4n) is 7.10. The molecule has 5 aromatic rings. The van der Waals surface area contributed by atoms with Crippen LogP contribution in [0.3, 0.4) is 0 Å². The number of rotatable bonds is 11. The highest BCUT2D eigenvalue weighted by Gasteiger charge is 2.31. The molecule has 13 heteroatoms. The van der Waals surface area contributed by atoms with Crippen molar-refractivity contribution in [2.24, 2.45) is 0 Å². The van der Waals surface area contributed by atoms with E-state index in [9.17, 15) is 10.1 Å². The molecule has 4 heterocycles. The zero-order valence-corrected chi connectivity index (χ0v) is 31.1. The third-order valence-corrected chi connectivity index (χ3v) is 10.2. The topological polar surface area (TPSA) is 138 Å². The van der Waals surface area contributed by atoms with Crippen LogP contribution in [0.15, 0.2) is 72.9 Å². The van der Waals surface area contributed by atoms with Crippen molar-refractivity contribution in [3.05, 3.63) is 89.7 Å². The zero-order valence-electron chi connectivity index (χ0n) is 31.1. The summed E-state index contributed by atoms with van der Waals surface area (Å²) in [7, 11) is 3.99. The number of carbonyl (C=O) groups excluding carboxylic acids is 1. The highest BCUT2D eigenvalue weighted by atomic mass is 16.5. The number of amides is 2. The summed E-state index contributed by atoms with van der Waals surface area (Å²) in [6.45, 7) is 8.12. The van der Waals surface area contributed by atoms with E-state index in [-0.39, 0.29) is 18.2 Å². The smallest absolute Gasteiger partial charge is 0.320 e. The van der Waals surface area contributed by atoms with Crippen LogP contribution in [0.2, 0.25) is 0 Å². The maximum absolute atomic E-state index is 13.7. The van der Waals surface area contributed by atoms with Gasteiger partial charge in [-0.05, 0) is 102 Å². The van der Waals surface area contributed by atoms with E-state index in [1.807, 2.05) is 79.3 Å². The van der Waals surface area contributed by atoms with E-state index in [0.717, 1.165) is 54.4 Å². The summed E-state index contributed by atoms with van der Waals surface area (Å²) in [5.41, 5.74) is 3.20. The highest BCUT2D eigenvalue weighted by Crippen LogP contribution is 2.39. The standard InChI is InChI=1S/C40H48N10O3/c1-27-11-8-9-20-48(27)39-45-44-36-19-16-30(25-49(36)39)53-34-18-17-33(31-14-6-7-15-32(31)34)42-38(51)43-37-24-35(40(2,3)26-41)46-50(37)28-12-10-13-29(23-28)52-22-21-47(4)5/h6-7,10,12-16,19,23-25,27,33-34H,8-9,11,17-18,20-22H2,1-5H3,(H2,42,43,51)/t27-,33-,34+/m0/s1. The van der Waals surface area contributed by atoms with Gasteiger partial charge in [0.25, 0.3) is 0 Å². The Balaban J connectivity index is 1.08. The highest BCUT2D eigenvalue weighted by molar-refractivity contribution is 5.89. The van der Waals surface area contributed by atoms with Crippen molar-refractivity contribution >= 4 is 23.4 Å². The third kappa shape index (κ3) is 7.78. The molecule has 3 aromatic heterocycles. The number of ether oxygens (including phenoxy) is 2. The molecule has 1 aliphatic heterocycles. The van der Waals surface area contributed by atoms with E-state index in [1.165, 1.54) is 6.42 Å². The van der Waals surface area contributed by atoms with Gasteiger partial charge in [0, 0.05) is 31.3 Å². The summed E-state index contributed by atoms with van der Waals surface area (Å²) < 4.78 is 16.3. The minimum absolute atomic E-state index is 0.192. The number of urea groups is 1. The second kappa shape index (κ2) is 15.2.